The van der Waals surface area contributed by atoms with Crippen LogP contribution in [0.15, 0.2) is 47.4 Å². The molecule has 25 heavy (non-hydrogen) atoms. The van der Waals surface area contributed by atoms with E-state index in [1.807, 2.05) is 0 Å². The van der Waals surface area contributed by atoms with Crippen molar-refractivity contribution in [1.29, 1.82) is 0 Å². The second kappa shape index (κ2) is 7.09. The van der Waals surface area contributed by atoms with Crippen LogP contribution in [-0.4, -0.2) is 28.1 Å². The van der Waals surface area contributed by atoms with Crippen LogP contribution in [0.25, 0.3) is 0 Å². The maximum absolute atomic E-state index is 13.3. The average molecular weight is 366 g/mol. The summed E-state index contributed by atoms with van der Waals surface area (Å²) in [6, 6.07) is 10.0. The van der Waals surface area contributed by atoms with Gasteiger partial charge in [-0.25, -0.2) is 21.9 Å². The number of hydrogen-bond donors (Lipinski definition) is 1. The predicted molar refractivity (Wildman–Crippen MR) is 93.0 cm³/mol. The Bertz CT molecular complexity index is 854. The highest BCUT2D eigenvalue weighted by molar-refractivity contribution is 7.89. The molecule has 3 rings (SSSR count). The van der Waals surface area contributed by atoms with E-state index in [9.17, 15) is 17.2 Å². The van der Waals surface area contributed by atoms with Crippen LogP contribution < -0.4 is 9.62 Å². The highest BCUT2D eigenvalue weighted by atomic mass is 32.2. The molecule has 0 saturated carbocycles. The molecule has 4 nitrogen and oxygen atoms in total. The van der Waals surface area contributed by atoms with E-state index in [1.165, 1.54) is 31.2 Å². The standard InChI is InChI=1S/C18H20F2N2O2S/c1-13-10-17(6-7-18(13)20)25(23,24)21-11-14-8-9-22(12-14)16-4-2-15(19)3-5-16/h2-7,10,14,21H,8-9,11-12H2,1H3. The summed E-state index contributed by atoms with van der Waals surface area (Å²) in [5.41, 5.74) is 1.23. The second-order valence-corrected chi connectivity index (χ2v) is 8.11. The molecule has 1 atom stereocenters. The van der Waals surface area contributed by atoms with Gasteiger partial charge in [0.25, 0.3) is 0 Å². The molecule has 2 aromatic carbocycles. The first-order valence-electron chi connectivity index (χ1n) is 8.11. The SMILES string of the molecule is Cc1cc(S(=O)(=O)NCC2CCN(c3ccc(F)cc3)C2)ccc1F. The minimum atomic E-state index is -3.66. The Balaban J connectivity index is 1.60. The minimum absolute atomic E-state index is 0.0692. The summed E-state index contributed by atoms with van der Waals surface area (Å²) in [5, 5.41) is 0. The highest BCUT2D eigenvalue weighted by Crippen LogP contribution is 2.24. The summed E-state index contributed by atoms with van der Waals surface area (Å²) in [4.78, 5) is 2.18. The summed E-state index contributed by atoms with van der Waals surface area (Å²) in [6.07, 6.45) is 0.850. The topological polar surface area (TPSA) is 49.4 Å². The zero-order valence-corrected chi connectivity index (χ0v) is 14.7. The Morgan fingerprint density at radius 2 is 1.88 bits per heavy atom. The van der Waals surface area contributed by atoms with Gasteiger partial charge < -0.3 is 4.90 Å². The third kappa shape index (κ3) is 4.16. The maximum Gasteiger partial charge on any atom is 0.240 e. The zero-order chi connectivity index (χ0) is 18.0. The lowest BCUT2D eigenvalue weighted by molar-refractivity contribution is 0.541. The summed E-state index contributed by atoms with van der Waals surface area (Å²) in [5.74, 6) is -0.534. The van der Waals surface area contributed by atoms with Gasteiger partial charge in [0.2, 0.25) is 10.0 Å². The van der Waals surface area contributed by atoms with Crippen LogP contribution >= 0.6 is 0 Å². The van der Waals surface area contributed by atoms with Crippen LogP contribution in [0.2, 0.25) is 0 Å². The fourth-order valence-corrected chi connectivity index (χ4v) is 4.18. The smallest absolute Gasteiger partial charge is 0.240 e. The van der Waals surface area contributed by atoms with Gasteiger partial charge in [-0.05, 0) is 67.3 Å². The molecule has 2 aromatic rings. The first-order valence-corrected chi connectivity index (χ1v) is 9.60. The van der Waals surface area contributed by atoms with Gasteiger partial charge in [-0.3, -0.25) is 0 Å². The monoisotopic (exact) mass is 366 g/mol. The van der Waals surface area contributed by atoms with Crippen molar-refractivity contribution in [2.24, 2.45) is 5.92 Å². The third-order valence-electron chi connectivity index (χ3n) is 4.48. The van der Waals surface area contributed by atoms with Gasteiger partial charge >= 0.3 is 0 Å². The molecule has 0 amide bonds. The van der Waals surface area contributed by atoms with Crippen LogP contribution in [0.3, 0.4) is 0 Å². The Labute approximate surface area is 146 Å². The Morgan fingerprint density at radius 1 is 1.16 bits per heavy atom. The van der Waals surface area contributed by atoms with Crippen molar-refractivity contribution in [3.63, 3.8) is 0 Å². The number of halogens is 2. The minimum Gasteiger partial charge on any atom is -0.371 e. The third-order valence-corrected chi connectivity index (χ3v) is 5.90. The molecule has 0 radical (unpaired) electrons. The molecule has 7 heteroatoms. The molecule has 0 bridgehead atoms. The first kappa shape index (κ1) is 17.8. The maximum atomic E-state index is 13.3. The molecule has 1 saturated heterocycles. The molecule has 0 aromatic heterocycles. The summed E-state index contributed by atoms with van der Waals surface area (Å²) >= 11 is 0. The summed E-state index contributed by atoms with van der Waals surface area (Å²) < 4.78 is 53.6. The lowest BCUT2D eigenvalue weighted by Gasteiger charge is -2.19. The van der Waals surface area contributed by atoms with Crippen LogP contribution in [-0.2, 0) is 10.0 Å². The second-order valence-electron chi connectivity index (χ2n) is 6.34. The molecule has 1 unspecified atom stereocenters. The van der Waals surface area contributed by atoms with E-state index in [0.717, 1.165) is 24.7 Å². The highest BCUT2D eigenvalue weighted by Gasteiger charge is 2.25. The lowest BCUT2D eigenvalue weighted by Crippen LogP contribution is -2.31. The normalized spacial score (nSPS) is 17.9. The number of aryl methyl sites for hydroxylation is 1. The van der Waals surface area contributed by atoms with E-state index >= 15 is 0 Å². The van der Waals surface area contributed by atoms with Gasteiger partial charge in [0, 0.05) is 25.3 Å². The van der Waals surface area contributed by atoms with E-state index in [1.54, 1.807) is 12.1 Å². The van der Waals surface area contributed by atoms with Gasteiger partial charge in [-0.15, -0.1) is 0 Å². The molecule has 0 aliphatic carbocycles. The largest absolute Gasteiger partial charge is 0.371 e. The van der Waals surface area contributed by atoms with E-state index in [2.05, 4.69) is 9.62 Å². The van der Waals surface area contributed by atoms with E-state index in [4.69, 9.17) is 0 Å². The van der Waals surface area contributed by atoms with Gasteiger partial charge in [-0.2, -0.15) is 0 Å². The van der Waals surface area contributed by atoms with Gasteiger partial charge in [0.05, 0.1) is 4.90 Å². The number of nitrogens with one attached hydrogen (secondary N) is 1. The van der Waals surface area contributed by atoms with Crippen molar-refractivity contribution in [3.8, 4) is 0 Å². The number of rotatable bonds is 5. The molecule has 1 aliphatic heterocycles. The first-order chi connectivity index (χ1) is 11.8. The van der Waals surface area contributed by atoms with Crippen LogP contribution in [0, 0.1) is 24.5 Å². The Kier molecular flexibility index (Phi) is 5.06. The van der Waals surface area contributed by atoms with Crippen molar-refractivity contribution in [1.82, 2.24) is 4.72 Å². The number of benzene rings is 2. The molecule has 1 fully saturated rings. The van der Waals surface area contributed by atoms with E-state index in [0.29, 0.717) is 18.7 Å². The Morgan fingerprint density at radius 3 is 2.56 bits per heavy atom. The van der Waals surface area contributed by atoms with Crippen molar-refractivity contribution >= 4 is 15.7 Å². The van der Waals surface area contributed by atoms with Crippen LogP contribution in [0.1, 0.15) is 12.0 Å². The molecule has 134 valence electrons. The zero-order valence-electron chi connectivity index (χ0n) is 13.9. The van der Waals surface area contributed by atoms with Crippen LogP contribution in [0.4, 0.5) is 14.5 Å². The molecule has 1 aliphatic rings. The van der Waals surface area contributed by atoms with Crippen LogP contribution in [0.5, 0.6) is 0 Å². The summed E-state index contributed by atoms with van der Waals surface area (Å²) in [7, 11) is -3.66. The molecule has 0 spiro atoms. The molecule has 1 N–H and O–H groups in total. The van der Waals surface area contributed by atoms with Gasteiger partial charge in [-0.1, -0.05) is 0 Å². The predicted octanol–water partition coefficient (Wildman–Crippen LogP) is 3.08. The summed E-state index contributed by atoms with van der Waals surface area (Å²) in [6.45, 7) is 3.35. The number of anilines is 1. The average Bonchev–Trinajstić information content (AvgIpc) is 3.05. The van der Waals surface area contributed by atoms with Gasteiger partial charge in [0.15, 0.2) is 0 Å². The molecule has 1 heterocycles. The van der Waals surface area contributed by atoms with E-state index < -0.39 is 15.8 Å². The Hall–Kier alpha value is -1.99. The lowest BCUT2D eigenvalue weighted by atomic mass is 10.1. The van der Waals surface area contributed by atoms with Gasteiger partial charge in [0.1, 0.15) is 11.6 Å². The fraction of sp³-hybridized carbons (Fsp3) is 0.333. The molecular formula is C18H20F2N2O2S. The number of nitrogens with zero attached hydrogens (tertiary/aromatic N) is 1. The quantitative estimate of drug-likeness (QED) is 0.885. The van der Waals surface area contributed by atoms with E-state index in [-0.39, 0.29) is 16.6 Å². The van der Waals surface area contributed by atoms with Crippen molar-refractivity contribution in [2.45, 2.75) is 18.2 Å². The molecular weight excluding hydrogens is 346 g/mol. The van der Waals surface area contributed by atoms with Crippen molar-refractivity contribution in [3.05, 3.63) is 59.7 Å². The fourth-order valence-electron chi connectivity index (χ4n) is 2.98. The van der Waals surface area contributed by atoms with Crippen molar-refractivity contribution < 1.29 is 17.2 Å². The number of sulfonamides is 1. The van der Waals surface area contributed by atoms with Crippen molar-refractivity contribution in [2.75, 3.05) is 24.5 Å². The number of hydrogen-bond acceptors (Lipinski definition) is 3.